The standard InChI is InChI=1S/C20H28N8O2/c1-5-27-17-16(24-20(27)26-8-6-7-14(21)10-26)18(29)25(4)28(19(17)30)11-15-22-12(2)9-13(3)23-15/h9,14H,5-8,10-11,21H2,1-4H3. The van der Waals surface area contributed by atoms with Crippen LogP contribution in [0.5, 0.6) is 0 Å². The fourth-order valence-corrected chi connectivity index (χ4v) is 4.24. The maximum absolute atomic E-state index is 13.5. The van der Waals surface area contributed by atoms with Crippen LogP contribution in [0.4, 0.5) is 5.95 Å². The van der Waals surface area contributed by atoms with Gasteiger partial charge in [0.05, 0.1) is 0 Å². The van der Waals surface area contributed by atoms with Gasteiger partial charge in [0.2, 0.25) is 5.95 Å². The summed E-state index contributed by atoms with van der Waals surface area (Å²) in [6.07, 6.45) is 1.92. The zero-order valence-corrected chi connectivity index (χ0v) is 17.9. The van der Waals surface area contributed by atoms with Crippen LogP contribution in [0.3, 0.4) is 0 Å². The van der Waals surface area contributed by atoms with Crippen molar-refractivity contribution >= 4 is 17.0 Å². The topological polar surface area (TPSA) is 117 Å². The Morgan fingerprint density at radius 2 is 1.83 bits per heavy atom. The second kappa shape index (κ2) is 7.67. The average Bonchev–Trinajstić information content (AvgIpc) is 3.09. The van der Waals surface area contributed by atoms with Crippen LogP contribution in [-0.2, 0) is 20.1 Å². The van der Waals surface area contributed by atoms with Gasteiger partial charge in [-0.25, -0.2) is 24.3 Å². The third-order valence-corrected chi connectivity index (χ3v) is 5.62. The molecule has 4 heterocycles. The molecule has 160 valence electrons. The number of anilines is 1. The second-order valence-electron chi connectivity index (χ2n) is 7.96. The Morgan fingerprint density at radius 1 is 1.13 bits per heavy atom. The SMILES string of the molecule is CCn1c(N2CCCC(N)C2)nc2c(=O)n(C)n(Cc3nc(C)cc(C)n3)c(=O)c21. The van der Waals surface area contributed by atoms with Crippen LogP contribution >= 0.6 is 0 Å². The molecule has 30 heavy (non-hydrogen) atoms. The van der Waals surface area contributed by atoms with Crippen molar-refractivity contribution < 1.29 is 0 Å². The van der Waals surface area contributed by atoms with E-state index in [0.717, 1.165) is 30.8 Å². The van der Waals surface area contributed by atoms with Gasteiger partial charge in [0.1, 0.15) is 17.9 Å². The summed E-state index contributed by atoms with van der Waals surface area (Å²) in [6.45, 7) is 7.82. The van der Waals surface area contributed by atoms with Crippen molar-refractivity contribution in [2.75, 3.05) is 18.0 Å². The molecule has 0 amide bonds. The molecule has 1 atom stereocenters. The number of aryl methyl sites for hydroxylation is 3. The third kappa shape index (κ3) is 3.41. The van der Waals surface area contributed by atoms with Gasteiger partial charge >= 0.3 is 0 Å². The Hall–Kier alpha value is -3.01. The van der Waals surface area contributed by atoms with Crippen molar-refractivity contribution in [2.24, 2.45) is 12.8 Å². The highest BCUT2D eigenvalue weighted by Crippen LogP contribution is 2.22. The molecule has 0 aromatic carbocycles. The van der Waals surface area contributed by atoms with Gasteiger partial charge in [-0.3, -0.25) is 9.59 Å². The molecule has 1 saturated heterocycles. The minimum absolute atomic E-state index is 0.0602. The van der Waals surface area contributed by atoms with E-state index < -0.39 is 0 Å². The number of aromatic nitrogens is 6. The van der Waals surface area contributed by atoms with Crippen molar-refractivity contribution in [3.05, 3.63) is 44.0 Å². The Labute approximate surface area is 174 Å². The summed E-state index contributed by atoms with van der Waals surface area (Å²) in [5.41, 5.74) is 7.69. The molecule has 1 unspecified atom stereocenters. The molecule has 0 radical (unpaired) electrons. The molecule has 0 saturated carbocycles. The molecular weight excluding hydrogens is 384 g/mol. The van der Waals surface area contributed by atoms with Gasteiger partial charge in [0.15, 0.2) is 5.52 Å². The van der Waals surface area contributed by atoms with Gasteiger partial charge in [-0.05, 0) is 39.7 Å². The third-order valence-electron chi connectivity index (χ3n) is 5.62. The Bertz CT molecular complexity index is 1200. The van der Waals surface area contributed by atoms with Crippen LogP contribution in [-0.4, -0.2) is 48.0 Å². The van der Waals surface area contributed by atoms with Gasteiger partial charge in [-0.1, -0.05) is 0 Å². The van der Waals surface area contributed by atoms with E-state index in [1.54, 1.807) is 7.05 Å². The Morgan fingerprint density at radius 3 is 2.47 bits per heavy atom. The average molecular weight is 412 g/mol. The molecule has 1 aliphatic rings. The normalized spacial score (nSPS) is 17.1. The number of rotatable bonds is 4. The van der Waals surface area contributed by atoms with E-state index in [2.05, 4.69) is 19.9 Å². The van der Waals surface area contributed by atoms with Crippen LogP contribution in [0.1, 0.15) is 37.0 Å². The molecule has 10 heteroatoms. The van der Waals surface area contributed by atoms with E-state index in [1.807, 2.05) is 31.4 Å². The summed E-state index contributed by atoms with van der Waals surface area (Å²) in [6, 6.07) is 1.93. The fourth-order valence-electron chi connectivity index (χ4n) is 4.24. The Kier molecular flexibility index (Phi) is 5.19. The smallest absolute Gasteiger partial charge is 0.293 e. The van der Waals surface area contributed by atoms with Crippen LogP contribution in [0, 0.1) is 13.8 Å². The van der Waals surface area contributed by atoms with E-state index in [4.69, 9.17) is 5.73 Å². The van der Waals surface area contributed by atoms with E-state index in [1.165, 1.54) is 9.36 Å². The number of hydrogen-bond acceptors (Lipinski definition) is 7. The summed E-state index contributed by atoms with van der Waals surface area (Å²) in [7, 11) is 1.58. The molecule has 1 aliphatic heterocycles. The molecule has 1 fully saturated rings. The summed E-state index contributed by atoms with van der Waals surface area (Å²) in [5, 5.41) is 0. The Balaban J connectivity index is 1.89. The largest absolute Gasteiger partial charge is 0.341 e. The van der Waals surface area contributed by atoms with Crippen molar-refractivity contribution in [2.45, 2.75) is 52.7 Å². The minimum atomic E-state index is -0.316. The first-order chi connectivity index (χ1) is 14.3. The molecule has 0 spiro atoms. The molecule has 10 nitrogen and oxygen atoms in total. The number of piperidine rings is 1. The molecule has 2 N–H and O–H groups in total. The first-order valence-corrected chi connectivity index (χ1v) is 10.3. The van der Waals surface area contributed by atoms with Gasteiger partial charge in [0, 0.05) is 44.1 Å². The quantitative estimate of drug-likeness (QED) is 0.655. The molecule has 3 aromatic heterocycles. The van der Waals surface area contributed by atoms with Gasteiger partial charge < -0.3 is 15.2 Å². The van der Waals surface area contributed by atoms with Crippen LogP contribution in [0.25, 0.3) is 11.0 Å². The highest BCUT2D eigenvalue weighted by atomic mass is 16.2. The molecule has 4 rings (SSSR count). The summed E-state index contributed by atoms with van der Waals surface area (Å²) in [5.74, 6) is 1.13. The van der Waals surface area contributed by atoms with Crippen molar-refractivity contribution in [3.63, 3.8) is 0 Å². The lowest BCUT2D eigenvalue weighted by atomic mass is 10.1. The van der Waals surface area contributed by atoms with Gasteiger partial charge in [0.25, 0.3) is 11.1 Å². The van der Waals surface area contributed by atoms with Crippen molar-refractivity contribution in [1.29, 1.82) is 0 Å². The monoisotopic (exact) mass is 412 g/mol. The zero-order valence-electron chi connectivity index (χ0n) is 17.9. The predicted octanol–water partition coefficient (Wildman–Crippen LogP) is 0.299. The molecule has 0 aliphatic carbocycles. The lowest BCUT2D eigenvalue weighted by Crippen LogP contribution is -2.44. The number of imidazole rings is 1. The van der Waals surface area contributed by atoms with Crippen LogP contribution in [0.15, 0.2) is 15.7 Å². The maximum atomic E-state index is 13.5. The van der Waals surface area contributed by atoms with Crippen molar-refractivity contribution in [1.82, 2.24) is 28.9 Å². The van der Waals surface area contributed by atoms with Crippen LogP contribution in [0.2, 0.25) is 0 Å². The van der Waals surface area contributed by atoms with Gasteiger partial charge in [-0.2, -0.15) is 0 Å². The first kappa shape index (κ1) is 20.3. The first-order valence-electron chi connectivity index (χ1n) is 10.3. The highest BCUT2D eigenvalue weighted by molar-refractivity contribution is 5.77. The van der Waals surface area contributed by atoms with E-state index in [0.29, 0.717) is 30.4 Å². The summed E-state index contributed by atoms with van der Waals surface area (Å²) < 4.78 is 4.53. The van der Waals surface area contributed by atoms with Gasteiger partial charge in [-0.15, -0.1) is 0 Å². The lowest BCUT2D eigenvalue weighted by Gasteiger charge is -2.31. The number of fused-ring (bicyclic) bond motifs is 1. The number of hydrogen-bond donors (Lipinski definition) is 1. The van der Waals surface area contributed by atoms with E-state index in [-0.39, 0.29) is 29.2 Å². The fraction of sp³-hybridized carbons (Fsp3) is 0.550. The number of nitrogens with two attached hydrogens (primary N) is 1. The summed E-state index contributed by atoms with van der Waals surface area (Å²) >= 11 is 0. The van der Waals surface area contributed by atoms with Crippen molar-refractivity contribution in [3.8, 4) is 0 Å². The predicted molar refractivity (Wildman–Crippen MR) is 115 cm³/mol. The highest BCUT2D eigenvalue weighted by Gasteiger charge is 2.26. The summed E-state index contributed by atoms with van der Waals surface area (Å²) in [4.78, 5) is 42.1. The van der Waals surface area contributed by atoms with E-state index in [9.17, 15) is 9.59 Å². The minimum Gasteiger partial charge on any atom is -0.341 e. The van der Waals surface area contributed by atoms with E-state index >= 15 is 0 Å². The molecular formula is C20H28N8O2. The molecule has 0 bridgehead atoms. The number of nitrogens with zero attached hydrogens (tertiary/aromatic N) is 7. The zero-order chi connectivity index (χ0) is 21.6. The lowest BCUT2D eigenvalue weighted by molar-refractivity contribution is 0.488. The second-order valence-corrected chi connectivity index (χ2v) is 7.96. The van der Waals surface area contributed by atoms with Crippen LogP contribution < -0.4 is 21.8 Å². The maximum Gasteiger partial charge on any atom is 0.293 e. The molecule has 3 aromatic rings.